The largest absolute Gasteiger partial charge is 0.383 e. The van der Waals surface area contributed by atoms with Gasteiger partial charge in [0.1, 0.15) is 0 Å². The van der Waals surface area contributed by atoms with Crippen molar-refractivity contribution in [1.29, 1.82) is 0 Å². The molecule has 0 bridgehead atoms. The van der Waals surface area contributed by atoms with Crippen LogP contribution in [0.2, 0.25) is 0 Å². The second-order valence-corrected chi connectivity index (χ2v) is 5.59. The van der Waals surface area contributed by atoms with Crippen molar-refractivity contribution in [3.8, 4) is 0 Å². The molecule has 0 radical (unpaired) electrons. The van der Waals surface area contributed by atoms with Crippen LogP contribution in [0.5, 0.6) is 0 Å². The first-order valence-corrected chi connectivity index (χ1v) is 7.12. The summed E-state index contributed by atoms with van der Waals surface area (Å²) in [6, 6.07) is 11.0. The summed E-state index contributed by atoms with van der Waals surface area (Å²) in [6.45, 7) is 6.25. The number of hydrogen-bond acceptors (Lipinski definition) is 3. The monoisotopic (exact) mass is 253 g/mol. The third-order valence-electron chi connectivity index (χ3n) is 2.67. The third kappa shape index (κ3) is 6.10. The highest BCUT2D eigenvalue weighted by Crippen LogP contribution is 2.16. The fraction of sp³-hybridized carbons (Fsp3) is 0.571. The molecule has 0 heterocycles. The van der Waals surface area contributed by atoms with Crippen LogP contribution in [0.25, 0.3) is 0 Å². The minimum absolute atomic E-state index is 0.455. The normalized spacial score (nSPS) is 12.9. The Balaban J connectivity index is 2.18. The third-order valence-corrected chi connectivity index (χ3v) is 3.69. The second kappa shape index (κ2) is 8.56. The molecule has 0 fully saturated rings. The van der Waals surface area contributed by atoms with Gasteiger partial charge in [0, 0.05) is 30.3 Å². The molecular formula is C14H23NOS. The van der Waals surface area contributed by atoms with Crippen molar-refractivity contribution in [3.63, 3.8) is 0 Å². The van der Waals surface area contributed by atoms with E-state index in [0.29, 0.717) is 12.0 Å². The van der Waals surface area contributed by atoms with Crippen molar-refractivity contribution >= 4 is 11.8 Å². The number of nitrogens with one attached hydrogen (secondary N) is 1. The van der Waals surface area contributed by atoms with E-state index in [1.807, 2.05) is 11.8 Å². The van der Waals surface area contributed by atoms with E-state index < -0.39 is 0 Å². The van der Waals surface area contributed by atoms with Gasteiger partial charge in [0.05, 0.1) is 6.61 Å². The van der Waals surface area contributed by atoms with Crippen molar-refractivity contribution < 1.29 is 4.74 Å². The average Bonchev–Trinajstić information content (AvgIpc) is 2.34. The Labute approximate surface area is 109 Å². The summed E-state index contributed by atoms with van der Waals surface area (Å²) in [4.78, 5) is 1.34. The van der Waals surface area contributed by atoms with Gasteiger partial charge >= 0.3 is 0 Å². The van der Waals surface area contributed by atoms with Crippen LogP contribution >= 0.6 is 11.8 Å². The van der Waals surface area contributed by atoms with Gasteiger partial charge in [-0.25, -0.2) is 0 Å². The zero-order valence-corrected chi connectivity index (χ0v) is 11.8. The maximum absolute atomic E-state index is 5.21. The standard InChI is InChI=1S/C14H23NOS/c1-12(2)14(11-16-3)15-9-10-17-13-7-5-4-6-8-13/h4-8,12,14-15H,9-11H2,1-3H3. The Bertz CT molecular complexity index is 290. The molecule has 0 amide bonds. The molecule has 0 aliphatic heterocycles. The fourth-order valence-electron chi connectivity index (χ4n) is 1.60. The first-order valence-electron chi connectivity index (χ1n) is 6.14. The summed E-state index contributed by atoms with van der Waals surface area (Å²) < 4.78 is 5.21. The maximum Gasteiger partial charge on any atom is 0.0618 e. The lowest BCUT2D eigenvalue weighted by Gasteiger charge is -2.21. The van der Waals surface area contributed by atoms with Gasteiger partial charge < -0.3 is 10.1 Å². The smallest absolute Gasteiger partial charge is 0.0618 e. The molecule has 96 valence electrons. The molecule has 2 nitrogen and oxygen atoms in total. The Morgan fingerprint density at radius 2 is 1.94 bits per heavy atom. The predicted octanol–water partition coefficient (Wildman–Crippen LogP) is 3.04. The Hall–Kier alpha value is -0.510. The molecule has 0 spiro atoms. The van der Waals surface area contributed by atoms with Gasteiger partial charge in [-0.05, 0) is 18.1 Å². The summed E-state index contributed by atoms with van der Waals surface area (Å²) in [7, 11) is 1.76. The first-order chi connectivity index (χ1) is 8.24. The molecule has 1 atom stereocenters. The number of methoxy groups -OCH3 is 1. The Kier molecular flexibility index (Phi) is 7.33. The van der Waals surface area contributed by atoms with E-state index in [1.165, 1.54) is 4.90 Å². The minimum atomic E-state index is 0.455. The molecule has 1 aromatic rings. The van der Waals surface area contributed by atoms with E-state index in [9.17, 15) is 0 Å². The first kappa shape index (κ1) is 14.6. The highest BCUT2D eigenvalue weighted by Gasteiger charge is 2.11. The molecule has 1 rings (SSSR count). The number of thioether (sulfide) groups is 1. The van der Waals surface area contributed by atoms with E-state index in [0.717, 1.165) is 18.9 Å². The van der Waals surface area contributed by atoms with Crippen molar-refractivity contribution in [1.82, 2.24) is 5.32 Å². The van der Waals surface area contributed by atoms with Gasteiger partial charge in [-0.15, -0.1) is 11.8 Å². The lowest BCUT2D eigenvalue weighted by atomic mass is 10.1. The lowest BCUT2D eigenvalue weighted by molar-refractivity contribution is 0.148. The Morgan fingerprint density at radius 3 is 2.53 bits per heavy atom. The summed E-state index contributed by atoms with van der Waals surface area (Å²) in [5.74, 6) is 1.70. The number of benzene rings is 1. The zero-order chi connectivity index (χ0) is 12.5. The highest BCUT2D eigenvalue weighted by atomic mass is 32.2. The van der Waals surface area contributed by atoms with E-state index in [4.69, 9.17) is 4.74 Å². The minimum Gasteiger partial charge on any atom is -0.383 e. The SMILES string of the molecule is COCC(NCCSc1ccccc1)C(C)C. The van der Waals surface area contributed by atoms with Crippen LogP contribution in [0.3, 0.4) is 0 Å². The van der Waals surface area contributed by atoms with Crippen LogP contribution in [-0.2, 0) is 4.74 Å². The van der Waals surface area contributed by atoms with Crippen molar-refractivity contribution in [3.05, 3.63) is 30.3 Å². The average molecular weight is 253 g/mol. The number of hydrogen-bond donors (Lipinski definition) is 1. The maximum atomic E-state index is 5.21. The van der Waals surface area contributed by atoms with Gasteiger partial charge in [0.15, 0.2) is 0 Å². The van der Waals surface area contributed by atoms with Crippen molar-refractivity contribution in [2.45, 2.75) is 24.8 Å². The fourth-order valence-corrected chi connectivity index (χ4v) is 2.40. The van der Waals surface area contributed by atoms with Crippen LogP contribution in [0.4, 0.5) is 0 Å². The molecule has 1 unspecified atom stereocenters. The van der Waals surface area contributed by atoms with Gasteiger partial charge in [-0.3, -0.25) is 0 Å². The summed E-state index contributed by atoms with van der Waals surface area (Å²) in [5, 5.41) is 3.54. The number of ether oxygens (including phenoxy) is 1. The highest BCUT2D eigenvalue weighted by molar-refractivity contribution is 7.99. The lowest BCUT2D eigenvalue weighted by Crippen LogP contribution is -2.38. The van der Waals surface area contributed by atoms with Gasteiger partial charge in [-0.1, -0.05) is 32.0 Å². The Morgan fingerprint density at radius 1 is 1.24 bits per heavy atom. The topological polar surface area (TPSA) is 21.3 Å². The molecule has 1 aromatic carbocycles. The summed E-state index contributed by atoms with van der Waals surface area (Å²) in [6.07, 6.45) is 0. The molecule has 0 aliphatic rings. The summed E-state index contributed by atoms with van der Waals surface area (Å²) >= 11 is 1.89. The van der Waals surface area contributed by atoms with E-state index in [2.05, 4.69) is 49.5 Å². The van der Waals surface area contributed by atoms with Crippen LogP contribution in [0.1, 0.15) is 13.8 Å². The van der Waals surface area contributed by atoms with E-state index in [-0.39, 0.29) is 0 Å². The van der Waals surface area contributed by atoms with Gasteiger partial charge in [0.2, 0.25) is 0 Å². The van der Waals surface area contributed by atoms with Crippen LogP contribution < -0.4 is 5.32 Å². The molecular weight excluding hydrogens is 230 g/mol. The van der Waals surface area contributed by atoms with Crippen LogP contribution in [0, 0.1) is 5.92 Å². The zero-order valence-electron chi connectivity index (χ0n) is 11.0. The molecule has 0 aromatic heterocycles. The molecule has 3 heteroatoms. The van der Waals surface area contributed by atoms with Gasteiger partial charge in [-0.2, -0.15) is 0 Å². The number of rotatable bonds is 8. The van der Waals surface area contributed by atoms with Gasteiger partial charge in [0.25, 0.3) is 0 Å². The predicted molar refractivity (Wildman–Crippen MR) is 75.7 cm³/mol. The molecule has 0 aliphatic carbocycles. The molecule has 17 heavy (non-hydrogen) atoms. The van der Waals surface area contributed by atoms with Crippen LogP contribution in [0.15, 0.2) is 35.2 Å². The quantitative estimate of drug-likeness (QED) is 0.568. The summed E-state index contributed by atoms with van der Waals surface area (Å²) in [5.41, 5.74) is 0. The molecule has 0 saturated carbocycles. The molecule has 1 N–H and O–H groups in total. The second-order valence-electron chi connectivity index (χ2n) is 4.42. The van der Waals surface area contributed by atoms with Crippen LogP contribution in [-0.4, -0.2) is 32.1 Å². The van der Waals surface area contributed by atoms with Crippen molar-refractivity contribution in [2.24, 2.45) is 5.92 Å². The van der Waals surface area contributed by atoms with Crippen molar-refractivity contribution in [2.75, 3.05) is 26.0 Å². The van der Waals surface area contributed by atoms with E-state index in [1.54, 1.807) is 7.11 Å². The van der Waals surface area contributed by atoms with E-state index >= 15 is 0 Å². The molecule has 0 saturated heterocycles.